The number of H-pyrrole nitrogens is 1. The molecule has 4 heteroatoms. The van der Waals surface area contributed by atoms with Crippen LogP contribution in [0, 0.1) is 6.92 Å². The molecule has 17 heavy (non-hydrogen) atoms. The topological polar surface area (TPSA) is 66.0 Å². The van der Waals surface area contributed by atoms with Crippen LogP contribution in [0.2, 0.25) is 0 Å². The number of nitrogens with zero attached hydrogens (tertiary/aromatic N) is 1. The highest BCUT2D eigenvalue weighted by Crippen LogP contribution is 2.28. The maximum Gasteiger partial charge on any atom is 0.356 e. The standard InChI is InChI=1S/C13H10N2O2/c1-7-3-2-4-9-10(7)8-5-6-14-12(13(16)17)11(8)15-9/h2-6,15H,1H3,(H,16,17). The summed E-state index contributed by atoms with van der Waals surface area (Å²) in [4.78, 5) is 18.1. The summed E-state index contributed by atoms with van der Waals surface area (Å²) in [6, 6.07) is 7.74. The molecule has 0 amide bonds. The number of aromatic nitrogens is 2. The van der Waals surface area contributed by atoms with E-state index in [2.05, 4.69) is 9.97 Å². The van der Waals surface area contributed by atoms with Gasteiger partial charge in [-0.15, -0.1) is 0 Å². The molecular formula is C13H10N2O2. The van der Waals surface area contributed by atoms with E-state index in [1.807, 2.05) is 31.2 Å². The van der Waals surface area contributed by atoms with Gasteiger partial charge in [0.15, 0.2) is 5.69 Å². The highest BCUT2D eigenvalue weighted by molar-refractivity contribution is 6.13. The number of pyridine rings is 1. The predicted octanol–water partition coefficient (Wildman–Crippen LogP) is 2.72. The number of benzene rings is 1. The molecule has 2 aromatic heterocycles. The van der Waals surface area contributed by atoms with Gasteiger partial charge in [-0.2, -0.15) is 0 Å². The fraction of sp³-hybridized carbons (Fsp3) is 0.0769. The fourth-order valence-corrected chi connectivity index (χ4v) is 2.22. The number of carbonyl (C=O) groups is 1. The minimum atomic E-state index is -1.01. The van der Waals surface area contributed by atoms with Crippen molar-refractivity contribution < 1.29 is 9.90 Å². The normalized spacial score (nSPS) is 11.1. The van der Waals surface area contributed by atoms with Crippen molar-refractivity contribution in [1.29, 1.82) is 0 Å². The Bertz CT molecular complexity index is 744. The number of hydrogen-bond donors (Lipinski definition) is 2. The Kier molecular flexibility index (Phi) is 1.92. The van der Waals surface area contributed by atoms with Crippen LogP contribution in [0.1, 0.15) is 16.1 Å². The quantitative estimate of drug-likeness (QED) is 0.670. The lowest BCUT2D eigenvalue weighted by atomic mass is 10.1. The van der Waals surface area contributed by atoms with Crippen LogP contribution in [0.25, 0.3) is 21.8 Å². The van der Waals surface area contributed by atoms with E-state index in [1.54, 1.807) is 0 Å². The Morgan fingerprint density at radius 2 is 2.18 bits per heavy atom. The van der Waals surface area contributed by atoms with Crippen molar-refractivity contribution >= 4 is 27.8 Å². The minimum Gasteiger partial charge on any atom is -0.476 e. The van der Waals surface area contributed by atoms with Crippen molar-refractivity contribution in [3.63, 3.8) is 0 Å². The van der Waals surface area contributed by atoms with Crippen molar-refractivity contribution in [1.82, 2.24) is 9.97 Å². The summed E-state index contributed by atoms with van der Waals surface area (Å²) in [6.45, 7) is 2.01. The molecule has 0 saturated heterocycles. The zero-order valence-electron chi connectivity index (χ0n) is 9.19. The average molecular weight is 226 g/mol. The molecule has 0 saturated carbocycles. The number of hydrogen-bond acceptors (Lipinski definition) is 2. The van der Waals surface area contributed by atoms with Crippen LogP contribution in [-0.4, -0.2) is 21.0 Å². The third-order valence-electron chi connectivity index (χ3n) is 2.96. The van der Waals surface area contributed by atoms with Crippen molar-refractivity contribution in [2.75, 3.05) is 0 Å². The number of nitrogens with one attached hydrogen (secondary N) is 1. The van der Waals surface area contributed by atoms with Crippen LogP contribution in [0.3, 0.4) is 0 Å². The molecule has 0 fully saturated rings. The number of fused-ring (bicyclic) bond motifs is 3. The number of carboxylic acid groups (broad SMARTS) is 1. The van der Waals surface area contributed by atoms with Crippen molar-refractivity contribution in [2.24, 2.45) is 0 Å². The fourth-order valence-electron chi connectivity index (χ4n) is 2.22. The zero-order valence-corrected chi connectivity index (χ0v) is 9.19. The highest BCUT2D eigenvalue weighted by atomic mass is 16.4. The molecule has 0 aliphatic carbocycles. The van der Waals surface area contributed by atoms with Gasteiger partial charge in [-0.1, -0.05) is 12.1 Å². The van der Waals surface area contributed by atoms with Gasteiger partial charge in [0.05, 0.1) is 5.52 Å². The van der Waals surface area contributed by atoms with Crippen LogP contribution in [0.5, 0.6) is 0 Å². The number of rotatable bonds is 1. The first-order valence-electron chi connectivity index (χ1n) is 5.28. The summed E-state index contributed by atoms with van der Waals surface area (Å²) in [7, 11) is 0. The van der Waals surface area contributed by atoms with E-state index in [0.717, 1.165) is 21.9 Å². The lowest BCUT2D eigenvalue weighted by Crippen LogP contribution is -2.00. The lowest BCUT2D eigenvalue weighted by molar-refractivity contribution is 0.0692. The average Bonchev–Trinajstić information content (AvgIpc) is 2.67. The van der Waals surface area contributed by atoms with E-state index in [9.17, 15) is 4.79 Å². The molecule has 1 aromatic carbocycles. The SMILES string of the molecule is Cc1cccc2[nH]c3c(C(=O)O)nccc3c12. The van der Waals surface area contributed by atoms with Gasteiger partial charge in [0, 0.05) is 22.5 Å². The summed E-state index contributed by atoms with van der Waals surface area (Å²) >= 11 is 0. The van der Waals surface area contributed by atoms with Crippen molar-refractivity contribution in [3.05, 3.63) is 41.7 Å². The van der Waals surface area contributed by atoms with E-state index in [1.165, 1.54) is 6.20 Å². The van der Waals surface area contributed by atoms with Gasteiger partial charge in [0.25, 0.3) is 0 Å². The maximum atomic E-state index is 11.1. The number of carboxylic acids is 1. The Hall–Kier alpha value is -2.36. The Labute approximate surface area is 96.9 Å². The Balaban J connectivity index is 2.56. The van der Waals surface area contributed by atoms with Gasteiger partial charge in [-0.3, -0.25) is 0 Å². The third-order valence-corrected chi connectivity index (χ3v) is 2.96. The lowest BCUT2D eigenvalue weighted by Gasteiger charge is -1.97. The van der Waals surface area contributed by atoms with Gasteiger partial charge >= 0.3 is 5.97 Å². The largest absolute Gasteiger partial charge is 0.476 e. The molecule has 0 aliphatic heterocycles. The molecule has 3 aromatic rings. The predicted molar refractivity (Wildman–Crippen MR) is 65.3 cm³/mol. The number of aromatic amines is 1. The van der Waals surface area contributed by atoms with Crippen molar-refractivity contribution in [3.8, 4) is 0 Å². The second-order valence-corrected chi connectivity index (χ2v) is 4.01. The third kappa shape index (κ3) is 1.30. The molecule has 0 unspecified atom stereocenters. The summed E-state index contributed by atoms with van der Waals surface area (Å²) in [6.07, 6.45) is 1.53. The molecule has 0 bridgehead atoms. The number of aryl methyl sites for hydroxylation is 1. The molecule has 2 N–H and O–H groups in total. The minimum absolute atomic E-state index is 0.0677. The van der Waals surface area contributed by atoms with Gasteiger partial charge in [0.2, 0.25) is 0 Å². The van der Waals surface area contributed by atoms with Gasteiger partial charge < -0.3 is 10.1 Å². The van der Waals surface area contributed by atoms with Gasteiger partial charge in [-0.05, 0) is 24.6 Å². The Morgan fingerprint density at radius 3 is 2.94 bits per heavy atom. The van der Waals surface area contributed by atoms with E-state index in [4.69, 9.17) is 5.11 Å². The second-order valence-electron chi connectivity index (χ2n) is 4.01. The summed E-state index contributed by atoms with van der Waals surface area (Å²) < 4.78 is 0. The van der Waals surface area contributed by atoms with Crippen LogP contribution in [0.15, 0.2) is 30.5 Å². The Morgan fingerprint density at radius 1 is 1.35 bits per heavy atom. The molecule has 0 atom stereocenters. The molecule has 0 spiro atoms. The molecule has 3 rings (SSSR count). The molecule has 2 heterocycles. The summed E-state index contributed by atoms with van der Waals surface area (Å²) in [5.74, 6) is -1.01. The molecule has 0 radical (unpaired) electrons. The summed E-state index contributed by atoms with van der Waals surface area (Å²) in [5, 5.41) is 11.1. The summed E-state index contributed by atoms with van der Waals surface area (Å²) in [5.41, 5.74) is 2.72. The zero-order chi connectivity index (χ0) is 12.0. The molecule has 0 aliphatic rings. The highest BCUT2D eigenvalue weighted by Gasteiger charge is 2.14. The van der Waals surface area contributed by atoms with Crippen molar-refractivity contribution in [2.45, 2.75) is 6.92 Å². The van der Waals surface area contributed by atoms with Crippen LogP contribution >= 0.6 is 0 Å². The first kappa shape index (κ1) is 9.84. The maximum absolute atomic E-state index is 11.1. The number of aromatic carboxylic acids is 1. The first-order chi connectivity index (χ1) is 8.18. The molecule has 4 nitrogen and oxygen atoms in total. The van der Waals surface area contributed by atoms with E-state index < -0.39 is 5.97 Å². The first-order valence-corrected chi connectivity index (χ1v) is 5.28. The van der Waals surface area contributed by atoms with Crippen LogP contribution < -0.4 is 0 Å². The second kappa shape index (κ2) is 3.31. The van der Waals surface area contributed by atoms with E-state index in [-0.39, 0.29) is 5.69 Å². The van der Waals surface area contributed by atoms with E-state index in [0.29, 0.717) is 5.52 Å². The monoisotopic (exact) mass is 226 g/mol. The van der Waals surface area contributed by atoms with Gasteiger partial charge in [-0.25, -0.2) is 9.78 Å². The smallest absolute Gasteiger partial charge is 0.356 e. The van der Waals surface area contributed by atoms with Crippen LogP contribution in [0.4, 0.5) is 0 Å². The van der Waals surface area contributed by atoms with Crippen LogP contribution in [-0.2, 0) is 0 Å². The molecule has 84 valence electrons. The van der Waals surface area contributed by atoms with E-state index >= 15 is 0 Å². The van der Waals surface area contributed by atoms with Gasteiger partial charge in [0.1, 0.15) is 0 Å². The molecular weight excluding hydrogens is 216 g/mol.